The predicted octanol–water partition coefficient (Wildman–Crippen LogP) is 1.29. The van der Waals surface area contributed by atoms with E-state index >= 15 is 0 Å². The summed E-state index contributed by atoms with van der Waals surface area (Å²) in [6, 6.07) is -2.35. The summed E-state index contributed by atoms with van der Waals surface area (Å²) in [5, 5.41) is 1.90. The van der Waals surface area contributed by atoms with Gasteiger partial charge in [0.05, 0.1) is 29.0 Å². The van der Waals surface area contributed by atoms with E-state index < -0.39 is 100 Å². The molecule has 1 aromatic rings. The highest BCUT2D eigenvalue weighted by Gasteiger charge is 2.25. The van der Waals surface area contributed by atoms with E-state index in [2.05, 4.69) is 0 Å². The minimum absolute atomic E-state index is 0.431. The summed E-state index contributed by atoms with van der Waals surface area (Å²) in [5.41, 5.74) is 0.242. The summed E-state index contributed by atoms with van der Waals surface area (Å²) in [5.74, 6) is -1.95. The zero-order chi connectivity index (χ0) is 33.5. The van der Waals surface area contributed by atoms with Crippen molar-refractivity contribution >= 4 is 21.4 Å². The number of nitrogens with one attached hydrogen (secondary N) is 1. The maximum absolute atomic E-state index is 13.2. The highest BCUT2D eigenvalue weighted by molar-refractivity contribution is 7.91. The number of benzene rings is 1. The van der Waals surface area contributed by atoms with Crippen molar-refractivity contribution < 1.29 is 41.3 Å². The molecule has 0 saturated carbocycles. The minimum atomic E-state index is -5.45. The third-order valence-electron chi connectivity index (χ3n) is 3.17. The molecule has 0 aliphatic carbocycles. The number of nitrogens with zero attached hydrogens (tertiary/aromatic N) is 1. The Morgan fingerprint density at radius 1 is 1.60 bits per heavy atom. The lowest BCUT2D eigenvalue weighted by Crippen LogP contribution is -2.40. The zero-order valence-electron chi connectivity index (χ0n) is 29.9. The van der Waals surface area contributed by atoms with Gasteiger partial charge in [-0.15, -0.1) is 0 Å². The van der Waals surface area contributed by atoms with E-state index in [0.29, 0.717) is 6.07 Å². The van der Waals surface area contributed by atoms with Crippen LogP contribution in [0.4, 0.5) is 5.69 Å². The summed E-state index contributed by atoms with van der Waals surface area (Å²) in [7, 11) is -4.47. The van der Waals surface area contributed by atoms with Crippen LogP contribution >= 0.6 is 0 Å². The van der Waals surface area contributed by atoms with E-state index in [0.717, 1.165) is 13.2 Å². The van der Waals surface area contributed by atoms with Crippen LogP contribution in [0.25, 0.3) is 0 Å². The molecule has 0 radical (unpaired) electrons. The number of sulfone groups is 1. The molecule has 1 heterocycles. The van der Waals surface area contributed by atoms with Gasteiger partial charge >= 0.3 is 0 Å². The van der Waals surface area contributed by atoms with Gasteiger partial charge in [0.1, 0.15) is 5.75 Å². The van der Waals surface area contributed by atoms with E-state index in [9.17, 15) is 13.2 Å². The highest BCUT2D eigenvalue weighted by Crippen LogP contribution is 2.29. The molecule has 1 aliphatic heterocycles. The Kier molecular flexibility index (Phi) is 2.17. The molecule has 1 aromatic carbocycles. The third kappa shape index (κ3) is 4.24. The number of rotatable bonds is 7. The van der Waals surface area contributed by atoms with Gasteiger partial charge in [0.15, 0.2) is 9.84 Å². The van der Waals surface area contributed by atoms with Crippen molar-refractivity contribution in [3.63, 3.8) is 0 Å². The van der Waals surface area contributed by atoms with Crippen LogP contribution in [0.5, 0.6) is 5.75 Å². The van der Waals surface area contributed by atoms with Gasteiger partial charge in [0.2, 0.25) is 0 Å². The van der Waals surface area contributed by atoms with Crippen LogP contribution in [0, 0.1) is 0 Å². The molecule has 25 heavy (non-hydrogen) atoms. The Labute approximate surface area is 173 Å². The number of carbonyl (C=O) groups excluding carboxylic acids is 1. The van der Waals surface area contributed by atoms with Gasteiger partial charge in [0, 0.05) is 41.9 Å². The fourth-order valence-corrected chi connectivity index (χ4v) is 2.72. The molecular formula is C17H27N3O4S. The van der Waals surface area contributed by atoms with Gasteiger partial charge in [0.25, 0.3) is 5.91 Å². The maximum Gasteiger partial charge on any atom is 0.255 e. The Hall–Kier alpha value is -1.80. The number of ether oxygens (including phenoxy) is 1. The van der Waals surface area contributed by atoms with Crippen LogP contribution in [-0.4, -0.2) is 57.6 Å². The van der Waals surface area contributed by atoms with Crippen molar-refractivity contribution in [1.29, 1.82) is 0 Å². The maximum atomic E-state index is 13.2. The molecule has 8 heteroatoms. The first kappa shape index (κ1) is 6.74. The lowest BCUT2D eigenvalue weighted by Gasteiger charge is -2.23. The van der Waals surface area contributed by atoms with Crippen LogP contribution in [0.1, 0.15) is 60.1 Å². The lowest BCUT2D eigenvalue weighted by molar-refractivity contribution is 0.0938. The Bertz CT molecular complexity index is 1360. The molecule has 0 aromatic heterocycles. The van der Waals surface area contributed by atoms with Crippen molar-refractivity contribution in [2.75, 3.05) is 38.1 Å². The van der Waals surface area contributed by atoms with Crippen molar-refractivity contribution in [3.05, 3.63) is 17.7 Å². The second kappa shape index (κ2) is 8.05. The van der Waals surface area contributed by atoms with Crippen LogP contribution in [0.3, 0.4) is 0 Å². The lowest BCUT2D eigenvalue weighted by atomic mass is 10.1. The highest BCUT2D eigenvalue weighted by atomic mass is 32.2. The minimum Gasteiger partial charge on any atom is -0.496 e. The standard InChI is InChI=1S/C17H27N3O4S/c1-4-20-8-6-7-12(20)11-19-17(21)13-9-16(25(22,23)5-2)14(18)10-15(13)24-3/h9-10,12H,4-8,11,18H2,1-3H3,(H,19,21)/i1D3,2D3,4D2,5D2,6D2,7D2,8D2,12D. The molecule has 1 atom stereocenters. The number of methoxy groups -OCH3 is 1. The number of likely N-dealkylation sites (tertiary alicyclic amines) is 1. The molecule has 3 N–H and O–H groups in total. The average Bonchev–Trinajstić information content (AvgIpc) is 2.87. The third-order valence-corrected chi connectivity index (χ3v) is 4.37. The average molecular weight is 387 g/mol. The van der Waals surface area contributed by atoms with E-state index in [1.54, 1.807) is 0 Å². The zero-order valence-corrected chi connectivity index (χ0v) is 13.7. The SMILES string of the molecule is [2H]C([2H])([2H])C([2H])([2H])N1C([2H])([2H])C([2H])([2H])C([2H])([2H])C1([2H])CNC(=O)c1cc(S(=O)(=O)C([2H])([2H])C([2H])([2H])[2H])c(N)cc1OC. The second-order valence-corrected chi connectivity index (χ2v) is 6.29. The van der Waals surface area contributed by atoms with Crippen LogP contribution in [-0.2, 0) is 9.84 Å². The number of anilines is 1. The van der Waals surface area contributed by atoms with Gasteiger partial charge in [-0.25, -0.2) is 8.42 Å². The molecule has 1 fully saturated rings. The number of carbonyl (C=O) groups is 1. The molecule has 1 unspecified atom stereocenters. The summed E-state index contributed by atoms with van der Waals surface area (Å²) >= 11 is 0. The number of hydrogen-bond acceptors (Lipinski definition) is 6. The summed E-state index contributed by atoms with van der Waals surface area (Å²) in [4.78, 5) is 11.6. The van der Waals surface area contributed by atoms with E-state index in [1.165, 1.54) is 0 Å². The van der Waals surface area contributed by atoms with Crippen molar-refractivity contribution in [3.8, 4) is 5.75 Å². The molecule has 140 valence electrons. The summed E-state index contributed by atoms with van der Waals surface area (Å²) in [6.45, 7) is -16.6. The number of nitrogen functional groups attached to an aromatic ring is 1. The first-order valence-corrected chi connectivity index (χ1v) is 8.11. The van der Waals surface area contributed by atoms with E-state index in [1.807, 2.05) is 5.32 Å². The molecular weight excluding hydrogens is 342 g/mol. The van der Waals surface area contributed by atoms with Crippen LogP contribution in [0.2, 0.25) is 0 Å². The number of likely N-dealkylation sites (N-methyl/N-ethyl adjacent to an activating group) is 1. The van der Waals surface area contributed by atoms with Gasteiger partial charge in [-0.05, 0) is 31.8 Å². The Morgan fingerprint density at radius 3 is 3.08 bits per heavy atom. The molecule has 7 nitrogen and oxygen atoms in total. The molecule has 1 amide bonds. The van der Waals surface area contributed by atoms with Gasteiger partial charge < -0.3 is 15.8 Å². The first-order chi connectivity index (χ1) is 18.3. The van der Waals surface area contributed by atoms with Gasteiger partial charge in [-0.3, -0.25) is 9.69 Å². The quantitative estimate of drug-likeness (QED) is 0.685. The second-order valence-electron chi connectivity index (χ2n) is 4.63. The fraction of sp³-hybridized carbons (Fsp3) is 0.588. The molecule has 0 spiro atoms. The van der Waals surface area contributed by atoms with Crippen molar-refractivity contribution in [1.82, 2.24) is 10.2 Å². The summed E-state index contributed by atoms with van der Waals surface area (Å²) < 4.78 is 164. The van der Waals surface area contributed by atoms with Crippen molar-refractivity contribution in [2.24, 2.45) is 0 Å². The number of amides is 1. The fourth-order valence-electron chi connectivity index (χ4n) is 1.97. The Balaban J connectivity index is 2.70. The van der Waals surface area contributed by atoms with E-state index in [4.69, 9.17) is 33.8 Å². The smallest absolute Gasteiger partial charge is 0.255 e. The predicted molar refractivity (Wildman–Crippen MR) is 97.7 cm³/mol. The molecule has 1 saturated heterocycles. The van der Waals surface area contributed by atoms with Gasteiger partial charge in [-0.2, -0.15) is 0 Å². The number of nitrogens with two attached hydrogens (primary N) is 1. The van der Waals surface area contributed by atoms with Crippen LogP contribution < -0.4 is 15.8 Å². The molecule has 1 aliphatic rings. The topological polar surface area (TPSA) is 102 Å². The normalized spacial score (nSPS) is 39.5. The van der Waals surface area contributed by atoms with Crippen molar-refractivity contribution in [2.45, 2.75) is 37.4 Å². The van der Waals surface area contributed by atoms with Crippen LogP contribution in [0.15, 0.2) is 17.0 Å². The summed E-state index contributed by atoms with van der Waals surface area (Å²) in [6.07, 6.45) is -7.43. The molecule has 2 rings (SSSR count). The monoisotopic (exact) mass is 386 g/mol. The molecule has 0 bridgehead atoms. The first-order valence-electron chi connectivity index (χ1n) is 15.1. The largest absolute Gasteiger partial charge is 0.496 e. The number of hydrogen-bond donors (Lipinski definition) is 2. The van der Waals surface area contributed by atoms with Gasteiger partial charge in [-0.1, -0.05) is 13.7 Å². The van der Waals surface area contributed by atoms with E-state index in [-0.39, 0.29) is 0 Å². The Morgan fingerprint density at radius 2 is 2.40 bits per heavy atom.